The lowest BCUT2D eigenvalue weighted by molar-refractivity contribution is 0.223. The van der Waals surface area contributed by atoms with Crippen LogP contribution in [-0.2, 0) is 10.0 Å². The second kappa shape index (κ2) is 13.2. The summed E-state index contributed by atoms with van der Waals surface area (Å²) in [6.07, 6.45) is 0.683. The maximum atomic E-state index is 11.7. The molecular formula is C18H33IN4O3S. The number of hydrogen-bond donors (Lipinski definition) is 2. The number of sulfonamides is 1. The third-order valence-corrected chi connectivity index (χ3v) is 5.75. The van der Waals surface area contributed by atoms with Crippen LogP contribution in [0.2, 0.25) is 0 Å². The molecule has 0 heterocycles. The molecule has 1 atom stereocenters. The Morgan fingerprint density at radius 2 is 2.04 bits per heavy atom. The molecule has 0 aliphatic rings. The third-order valence-electron chi connectivity index (χ3n) is 3.89. The molecule has 2 N–H and O–H groups in total. The van der Waals surface area contributed by atoms with Crippen LogP contribution in [0, 0.1) is 6.92 Å². The zero-order valence-electron chi connectivity index (χ0n) is 16.9. The number of halogens is 1. The molecule has 156 valence electrons. The summed E-state index contributed by atoms with van der Waals surface area (Å²) in [6.45, 7) is 7.40. The van der Waals surface area contributed by atoms with Gasteiger partial charge in [0.15, 0.2) is 5.96 Å². The minimum atomic E-state index is -3.12. The second-order valence-corrected chi connectivity index (χ2v) is 8.57. The van der Waals surface area contributed by atoms with E-state index in [1.54, 1.807) is 21.0 Å². The first-order valence-corrected chi connectivity index (χ1v) is 10.5. The molecule has 0 spiro atoms. The molecule has 7 nitrogen and oxygen atoms in total. The van der Waals surface area contributed by atoms with Crippen molar-refractivity contribution in [3.8, 4) is 5.75 Å². The van der Waals surface area contributed by atoms with E-state index in [-0.39, 0.29) is 35.8 Å². The smallest absolute Gasteiger partial charge is 0.213 e. The van der Waals surface area contributed by atoms with Crippen molar-refractivity contribution in [1.82, 2.24) is 14.9 Å². The first kappa shape index (κ1) is 25.9. The summed E-state index contributed by atoms with van der Waals surface area (Å²) in [5.41, 5.74) is 1.16. The fourth-order valence-electron chi connectivity index (χ4n) is 2.29. The first-order chi connectivity index (χ1) is 12.3. The molecule has 1 rings (SSSR count). The Morgan fingerprint density at radius 3 is 2.63 bits per heavy atom. The van der Waals surface area contributed by atoms with E-state index >= 15 is 0 Å². The molecule has 9 heteroatoms. The van der Waals surface area contributed by atoms with Crippen molar-refractivity contribution in [2.75, 3.05) is 39.5 Å². The number of aryl methyl sites for hydroxylation is 1. The summed E-state index contributed by atoms with van der Waals surface area (Å²) in [5.74, 6) is 1.65. The predicted octanol–water partition coefficient (Wildman–Crippen LogP) is 2.22. The zero-order chi connectivity index (χ0) is 19.6. The number of nitrogens with zero attached hydrogens (tertiary/aromatic N) is 2. The van der Waals surface area contributed by atoms with Crippen molar-refractivity contribution < 1.29 is 13.2 Å². The molecule has 0 aliphatic carbocycles. The summed E-state index contributed by atoms with van der Waals surface area (Å²) in [5, 5.41) is 6.40. The van der Waals surface area contributed by atoms with Crippen molar-refractivity contribution in [2.45, 2.75) is 33.3 Å². The third kappa shape index (κ3) is 10.2. The molecule has 1 aromatic rings. The van der Waals surface area contributed by atoms with E-state index in [1.165, 1.54) is 4.31 Å². The normalized spacial score (nSPS) is 13.0. The van der Waals surface area contributed by atoms with Crippen LogP contribution in [-0.4, -0.2) is 64.3 Å². The lowest BCUT2D eigenvalue weighted by Crippen LogP contribution is -2.42. The van der Waals surface area contributed by atoms with E-state index in [0.29, 0.717) is 32.0 Å². The zero-order valence-corrected chi connectivity index (χ0v) is 20.0. The molecule has 0 bridgehead atoms. The summed E-state index contributed by atoms with van der Waals surface area (Å²) < 4.78 is 30.6. The second-order valence-electron chi connectivity index (χ2n) is 6.20. The molecule has 0 fully saturated rings. The van der Waals surface area contributed by atoms with Gasteiger partial charge in [-0.25, -0.2) is 12.7 Å². The van der Waals surface area contributed by atoms with Crippen LogP contribution in [0.5, 0.6) is 5.75 Å². The molecule has 0 saturated heterocycles. The van der Waals surface area contributed by atoms with Gasteiger partial charge in [-0.15, -0.1) is 24.0 Å². The molecule has 0 aromatic heterocycles. The molecule has 1 aromatic carbocycles. The van der Waals surface area contributed by atoms with Crippen LogP contribution in [0.15, 0.2) is 29.3 Å². The molecule has 0 amide bonds. The van der Waals surface area contributed by atoms with E-state index in [9.17, 15) is 8.42 Å². The van der Waals surface area contributed by atoms with E-state index in [1.807, 2.05) is 38.1 Å². The number of guanidine groups is 1. The Hall–Kier alpha value is -1.07. The average Bonchev–Trinajstić information content (AvgIpc) is 2.60. The monoisotopic (exact) mass is 512 g/mol. The van der Waals surface area contributed by atoms with Crippen LogP contribution < -0.4 is 15.4 Å². The Labute approximate surface area is 181 Å². The van der Waals surface area contributed by atoms with Crippen LogP contribution in [0.1, 0.15) is 25.8 Å². The van der Waals surface area contributed by atoms with E-state index in [0.717, 1.165) is 11.3 Å². The number of benzene rings is 1. The van der Waals surface area contributed by atoms with Gasteiger partial charge < -0.3 is 15.4 Å². The quantitative estimate of drug-likeness (QED) is 0.218. The standard InChI is InChI=1S/C18H32N4O3S.HI/c1-6-26(23,24)22(5)12-8-11-20-18(19-4)21-14-16(3)25-17-10-7-9-15(2)13-17;/h7,9-10,13,16H,6,8,11-12,14H2,1-5H3,(H2,19,20,21);1H. The highest BCUT2D eigenvalue weighted by Gasteiger charge is 2.14. The molecule has 1 unspecified atom stereocenters. The summed E-state index contributed by atoms with van der Waals surface area (Å²) in [6, 6.07) is 7.95. The van der Waals surface area contributed by atoms with Crippen molar-refractivity contribution in [3.63, 3.8) is 0 Å². The van der Waals surface area contributed by atoms with Crippen molar-refractivity contribution in [3.05, 3.63) is 29.8 Å². The van der Waals surface area contributed by atoms with E-state index in [4.69, 9.17) is 4.74 Å². The number of ether oxygens (including phenoxy) is 1. The highest BCUT2D eigenvalue weighted by molar-refractivity contribution is 14.0. The highest BCUT2D eigenvalue weighted by atomic mass is 127. The number of rotatable bonds is 10. The SMILES string of the molecule is CCS(=O)(=O)N(C)CCCNC(=NC)NCC(C)Oc1cccc(C)c1.I. The Kier molecular flexibility index (Phi) is 12.6. The molecule has 0 saturated carbocycles. The predicted molar refractivity (Wildman–Crippen MR) is 123 cm³/mol. The molecular weight excluding hydrogens is 479 g/mol. The minimum Gasteiger partial charge on any atom is -0.489 e. The van der Waals surface area contributed by atoms with Crippen LogP contribution in [0.3, 0.4) is 0 Å². The summed E-state index contributed by atoms with van der Waals surface area (Å²) in [4.78, 5) is 4.17. The van der Waals surface area contributed by atoms with Gasteiger partial charge >= 0.3 is 0 Å². The minimum absolute atomic E-state index is 0. The van der Waals surface area contributed by atoms with Crippen LogP contribution >= 0.6 is 24.0 Å². The fourth-order valence-corrected chi connectivity index (χ4v) is 3.14. The van der Waals surface area contributed by atoms with E-state index < -0.39 is 10.0 Å². The van der Waals surface area contributed by atoms with Gasteiger partial charge in [-0.2, -0.15) is 0 Å². The van der Waals surface area contributed by atoms with Crippen molar-refractivity contribution >= 4 is 40.0 Å². The molecule has 0 radical (unpaired) electrons. The molecule has 27 heavy (non-hydrogen) atoms. The fraction of sp³-hybridized carbons (Fsp3) is 0.611. The average molecular weight is 512 g/mol. The van der Waals surface area contributed by atoms with Crippen LogP contribution in [0.25, 0.3) is 0 Å². The lowest BCUT2D eigenvalue weighted by Gasteiger charge is -2.19. The van der Waals surface area contributed by atoms with Gasteiger partial charge in [0, 0.05) is 27.2 Å². The Morgan fingerprint density at radius 1 is 1.33 bits per heavy atom. The van der Waals surface area contributed by atoms with Gasteiger partial charge in [-0.05, 0) is 44.9 Å². The van der Waals surface area contributed by atoms with E-state index in [2.05, 4.69) is 15.6 Å². The molecule has 0 aliphatic heterocycles. The number of hydrogen-bond acceptors (Lipinski definition) is 4. The topological polar surface area (TPSA) is 83.0 Å². The first-order valence-electron chi connectivity index (χ1n) is 8.90. The maximum absolute atomic E-state index is 11.7. The maximum Gasteiger partial charge on any atom is 0.213 e. The van der Waals surface area contributed by atoms with Gasteiger partial charge in [-0.1, -0.05) is 12.1 Å². The van der Waals surface area contributed by atoms with Crippen molar-refractivity contribution in [1.29, 1.82) is 0 Å². The largest absolute Gasteiger partial charge is 0.489 e. The van der Waals surface area contributed by atoms with Gasteiger partial charge in [0.1, 0.15) is 11.9 Å². The number of aliphatic imine (C=N–C) groups is 1. The highest BCUT2D eigenvalue weighted by Crippen LogP contribution is 2.13. The van der Waals surface area contributed by atoms with Gasteiger partial charge in [-0.3, -0.25) is 4.99 Å². The van der Waals surface area contributed by atoms with Crippen molar-refractivity contribution in [2.24, 2.45) is 4.99 Å². The van der Waals surface area contributed by atoms with Crippen LogP contribution in [0.4, 0.5) is 0 Å². The number of nitrogens with one attached hydrogen (secondary N) is 2. The lowest BCUT2D eigenvalue weighted by atomic mass is 10.2. The van der Waals surface area contributed by atoms with Gasteiger partial charge in [0.2, 0.25) is 10.0 Å². The Balaban J connectivity index is 0.00000676. The Bertz CT molecular complexity index is 683. The summed E-state index contributed by atoms with van der Waals surface area (Å²) in [7, 11) is 0.195. The van der Waals surface area contributed by atoms with Gasteiger partial charge in [0.05, 0.1) is 12.3 Å². The van der Waals surface area contributed by atoms with Gasteiger partial charge in [0.25, 0.3) is 0 Å². The summed E-state index contributed by atoms with van der Waals surface area (Å²) >= 11 is 0.